The molecular formula is C23H17Cl2NO3. The fraction of sp³-hybridized carbons (Fsp3) is 0.0870. The van der Waals surface area contributed by atoms with E-state index in [1.807, 2.05) is 48.5 Å². The molecule has 1 aromatic heterocycles. The van der Waals surface area contributed by atoms with Gasteiger partial charge in [0.05, 0.1) is 24.8 Å². The maximum atomic E-state index is 6.44. The Hall–Kier alpha value is -2.95. The van der Waals surface area contributed by atoms with Gasteiger partial charge in [0.25, 0.3) is 0 Å². The summed E-state index contributed by atoms with van der Waals surface area (Å²) in [6.45, 7) is 0. The van der Waals surface area contributed by atoms with Crippen molar-refractivity contribution in [2.75, 3.05) is 14.2 Å². The van der Waals surface area contributed by atoms with Gasteiger partial charge in [0.15, 0.2) is 17.2 Å². The summed E-state index contributed by atoms with van der Waals surface area (Å²) in [5.74, 6) is 2.33. The fourth-order valence-corrected chi connectivity index (χ4v) is 3.46. The van der Waals surface area contributed by atoms with E-state index in [-0.39, 0.29) is 0 Å². The van der Waals surface area contributed by atoms with Gasteiger partial charge in [0.2, 0.25) is 0 Å². The van der Waals surface area contributed by atoms with Crippen molar-refractivity contribution in [1.82, 2.24) is 4.98 Å². The summed E-state index contributed by atoms with van der Waals surface area (Å²) in [5, 5.41) is 2.08. The van der Waals surface area contributed by atoms with Crippen LogP contribution in [0.5, 0.6) is 23.0 Å². The van der Waals surface area contributed by atoms with Crippen LogP contribution in [0.1, 0.15) is 0 Å². The molecule has 0 N–H and O–H groups in total. The van der Waals surface area contributed by atoms with Crippen LogP contribution in [-0.2, 0) is 0 Å². The highest BCUT2D eigenvalue weighted by atomic mass is 35.5. The molecule has 6 heteroatoms. The molecule has 4 nitrogen and oxygen atoms in total. The number of aromatic nitrogens is 1. The second kappa shape index (κ2) is 8.19. The number of benzene rings is 3. The van der Waals surface area contributed by atoms with Gasteiger partial charge >= 0.3 is 0 Å². The molecule has 0 aliphatic rings. The number of hydrogen-bond donors (Lipinski definition) is 0. The van der Waals surface area contributed by atoms with Crippen LogP contribution < -0.4 is 14.2 Å². The van der Waals surface area contributed by atoms with Crippen molar-refractivity contribution in [3.05, 3.63) is 76.8 Å². The van der Waals surface area contributed by atoms with Crippen LogP contribution in [0.2, 0.25) is 10.0 Å². The Morgan fingerprint density at radius 2 is 1.55 bits per heavy atom. The molecule has 0 fully saturated rings. The van der Waals surface area contributed by atoms with E-state index in [0.29, 0.717) is 38.7 Å². The average molecular weight is 426 g/mol. The van der Waals surface area contributed by atoms with E-state index < -0.39 is 0 Å². The summed E-state index contributed by atoms with van der Waals surface area (Å²) in [6.07, 6.45) is 0. The smallest absolute Gasteiger partial charge is 0.164 e. The molecule has 0 spiro atoms. The molecule has 0 aliphatic carbocycles. The van der Waals surface area contributed by atoms with Crippen molar-refractivity contribution < 1.29 is 14.2 Å². The summed E-state index contributed by atoms with van der Waals surface area (Å²) in [4.78, 5) is 4.80. The van der Waals surface area contributed by atoms with E-state index in [2.05, 4.69) is 0 Å². The standard InChI is InChI=1S/C23H17Cl2NO3/c1-27-20-10-8-16(13-21(20)28-2)29-22-12-14-11-15(24)7-9-19(14)26-23(22)17-5-3-4-6-18(17)25/h3-13H,1-2H3. The Balaban J connectivity index is 1.87. The van der Waals surface area contributed by atoms with E-state index in [4.69, 9.17) is 42.4 Å². The second-order valence-electron chi connectivity index (χ2n) is 6.27. The van der Waals surface area contributed by atoms with Crippen molar-refractivity contribution >= 4 is 34.1 Å². The SMILES string of the molecule is COc1ccc(Oc2cc3cc(Cl)ccc3nc2-c2ccccc2Cl)cc1OC. The normalized spacial score (nSPS) is 10.8. The highest BCUT2D eigenvalue weighted by molar-refractivity contribution is 6.33. The Kier molecular flexibility index (Phi) is 5.47. The largest absolute Gasteiger partial charge is 0.493 e. The summed E-state index contributed by atoms with van der Waals surface area (Å²) in [7, 11) is 3.17. The van der Waals surface area contributed by atoms with Gasteiger partial charge in [-0.3, -0.25) is 0 Å². The zero-order chi connectivity index (χ0) is 20.4. The van der Waals surface area contributed by atoms with Crippen molar-refractivity contribution in [2.24, 2.45) is 0 Å². The zero-order valence-electron chi connectivity index (χ0n) is 15.8. The van der Waals surface area contributed by atoms with Crippen LogP contribution in [0, 0.1) is 0 Å². The molecule has 0 saturated carbocycles. The van der Waals surface area contributed by atoms with E-state index >= 15 is 0 Å². The molecule has 0 unspecified atom stereocenters. The van der Waals surface area contributed by atoms with Gasteiger partial charge in [-0.15, -0.1) is 0 Å². The van der Waals surface area contributed by atoms with E-state index in [1.165, 1.54) is 0 Å². The number of hydrogen-bond acceptors (Lipinski definition) is 4. The third kappa shape index (κ3) is 3.95. The Morgan fingerprint density at radius 3 is 2.31 bits per heavy atom. The molecule has 4 aromatic rings. The van der Waals surface area contributed by atoms with Gasteiger partial charge in [-0.25, -0.2) is 4.98 Å². The third-order valence-corrected chi connectivity index (χ3v) is 5.02. The van der Waals surface area contributed by atoms with Gasteiger partial charge in [-0.05, 0) is 42.5 Å². The maximum Gasteiger partial charge on any atom is 0.164 e. The lowest BCUT2D eigenvalue weighted by Crippen LogP contribution is -1.95. The molecule has 1 heterocycles. The van der Waals surface area contributed by atoms with Gasteiger partial charge in [0.1, 0.15) is 11.4 Å². The van der Waals surface area contributed by atoms with Gasteiger partial charge in [0, 0.05) is 22.0 Å². The van der Waals surface area contributed by atoms with Crippen LogP contribution in [0.3, 0.4) is 0 Å². The molecule has 29 heavy (non-hydrogen) atoms. The minimum absolute atomic E-state index is 0.556. The number of nitrogens with zero attached hydrogens (tertiary/aromatic N) is 1. The van der Waals surface area contributed by atoms with Crippen molar-refractivity contribution in [1.29, 1.82) is 0 Å². The van der Waals surface area contributed by atoms with Crippen LogP contribution >= 0.6 is 23.2 Å². The predicted molar refractivity (Wildman–Crippen MR) is 117 cm³/mol. The summed E-state index contributed by atoms with van der Waals surface area (Å²) in [5.41, 5.74) is 2.21. The van der Waals surface area contributed by atoms with Crippen LogP contribution in [0.4, 0.5) is 0 Å². The number of fused-ring (bicyclic) bond motifs is 1. The van der Waals surface area contributed by atoms with Crippen molar-refractivity contribution in [3.63, 3.8) is 0 Å². The first-order chi connectivity index (χ1) is 14.1. The molecule has 146 valence electrons. The lowest BCUT2D eigenvalue weighted by molar-refractivity contribution is 0.352. The van der Waals surface area contributed by atoms with Crippen LogP contribution in [-0.4, -0.2) is 19.2 Å². The summed E-state index contributed by atoms with van der Waals surface area (Å²) < 4.78 is 16.9. The van der Waals surface area contributed by atoms with Gasteiger partial charge in [-0.2, -0.15) is 0 Å². The second-order valence-corrected chi connectivity index (χ2v) is 7.11. The first-order valence-electron chi connectivity index (χ1n) is 8.84. The molecule has 3 aromatic carbocycles. The number of rotatable bonds is 5. The molecule has 0 saturated heterocycles. The quantitative estimate of drug-likeness (QED) is 0.344. The summed E-state index contributed by atoms with van der Waals surface area (Å²) in [6, 6.07) is 20.3. The van der Waals surface area contributed by atoms with E-state index in [9.17, 15) is 0 Å². The molecule has 0 bridgehead atoms. The number of pyridine rings is 1. The molecule has 0 aliphatic heterocycles. The maximum absolute atomic E-state index is 6.44. The molecule has 0 atom stereocenters. The lowest BCUT2D eigenvalue weighted by atomic mass is 10.1. The van der Waals surface area contributed by atoms with Crippen LogP contribution in [0.15, 0.2) is 66.7 Å². The van der Waals surface area contributed by atoms with Crippen molar-refractivity contribution in [2.45, 2.75) is 0 Å². The monoisotopic (exact) mass is 425 g/mol. The van der Waals surface area contributed by atoms with Crippen LogP contribution in [0.25, 0.3) is 22.2 Å². The zero-order valence-corrected chi connectivity index (χ0v) is 17.3. The first kappa shape index (κ1) is 19.4. The Bertz CT molecular complexity index is 1190. The number of methoxy groups -OCH3 is 2. The van der Waals surface area contributed by atoms with E-state index in [0.717, 1.165) is 16.5 Å². The topological polar surface area (TPSA) is 40.6 Å². The molecule has 0 amide bonds. The molecule has 4 rings (SSSR count). The molecule has 0 radical (unpaired) electrons. The van der Waals surface area contributed by atoms with Gasteiger partial charge < -0.3 is 14.2 Å². The molecular weight excluding hydrogens is 409 g/mol. The number of ether oxygens (including phenoxy) is 3. The average Bonchev–Trinajstić information content (AvgIpc) is 2.73. The van der Waals surface area contributed by atoms with Crippen molar-refractivity contribution in [3.8, 4) is 34.3 Å². The Morgan fingerprint density at radius 1 is 0.759 bits per heavy atom. The third-order valence-electron chi connectivity index (χ3n) is 4.45. The summed E-state index contributed by atoms with van der Waals surface area (Å²) >= 11 is 12.6. The first-order valence-corrected chi connectivity index (χ1v) is 9.59. The minimum Gasteiger partial charge on any atom is -0.493 e. The fourth-order valence-electron chi connectivity index (χ4n) is 3.06. The highest BCUT2D eigenvalue weighted by Crippen LogP contribution is 2.40. The lowest BCUT2D eigenvalue weighted by Gasteiger charge is -2.15. The minimum atomic E-state index is 0.556. The Labute approximate surface area is 178 Å². The number of halogens is 2. The van der Waals surface area contributed by atoms with Gasteiger partial charge in [-0.1, -0.05) is 41.4 Å². The predicted octanol–water partition coefficient (Wildman–Crippen LogP) is 7.02. The van der Waals surface area contributed by atoms with E-state index in [1.54, 1.807) is 32.4 Å². The highest BCUT2D eigenvalue weighted by Gasteiger charge is 2.15.